The molecule has 2 heterocycles. The van der Waals surface area contributed by atoms with Gasteiger partial charge in [0.05, 0.1) is 6.26 Å². The molecule has 0 amide bonds. The normalized spacial score (nSPS) is 21.4. The molecule has 1 fully saturated rings. The summed E-state index contributed by atoms with van der Waals surface area (Å²) in [6, 6.07) is 8.44. The first kappa shape index (κ1) is 11.1. The Morgan fingerprint density at radius 2 is 2.29 bits per heavy atom. The number of hydrogen-bond acceptors (Lipinski definition) is 2. The Morgan fingerprint density at radius 1 is 1.35 bits per heavy atom. The SMILES string of the molecule is ClC1CCN(CCc2ccc3occc3c2)C1. The van der Waals surface area contributed by atoms with Gasteiger partial charge in [0.25, 0.3) is 0 Å². The van der Waals surface area contributed by atoms with Crippen LogP contribution >= 0.6 is 11.6 Å². The van der Waals surface area contributed by atoms with Crippen LogP contribution in [0.25, 0.3) is 11.0 Å². The van der Waals surface area contributed by atoms with E-state index in [9.17, 15) is 0 Å². The van der Waals surface area contributed by atoms with Crippen LogP contribution < -0.4 is 0 Å². The van der Waals surface area contributed by atoms with Crippen LogP contribution in [0.2, 0.25) is 0 Å². The minimum absolute atomic E-state index is 0.353. The fourth-order valence-electron chi connectivity index (χ4n) is 2.45. The first-order valence-corrected chi connectivity index (χ1v) is 6.57. The summed E-state index contributed by atoms with van der Waals surface area (Å²) in [5.41, 5.74) is 2.34. The van der Waals surface area contributed by atoms with E-state index in [4.69, 9.17) is 16.0 Å². The summed E-state index contributed by atoms with van der Waals surface area (Å²) in [5.74, 6) is 0. The fraction of sp³-hybridized carbons (Fsp3) is 0.429. The van der Waals surface area contributed by atoms with Crippen LogP contribution in [0.1, 0.15) is 12.0 Å². The van der Waals surface area contributed by atoms with E-state index in [1.165, 1.54) is 10.9 Å². The molecule has 2 aromatic rings. The molecule has 3 heteroatoms. The van der Waals surface area contributed by atoms with E-state index >= 15 is 0 Å². The lowest BCUT2D eigenvalue weighted by Gasteiger charge is -2.14. The number of likely N-dealkylation sites (tertiary alicyclic amines) is 1. The van der Waals surface area contributed by atoms with Gasteiger partial charge in [-0.15, -0.1) is 11.6 Å². The third-order valence-electron chi connectivity index (χ3n) is 3.45. The van der Waals surface area contributed by atoms with Crippen molar-refractivity contribution >= 4 is 22.6 Å². The summed E-state index contributed by atoms with van der Waals surface area (Å²) in [6.07, 6.45) is 3.96. The topological polar surface area (TPSA) is 16.4 Å². The maximum absolute atomic E-state index is 6.10. The van der Waals surface area contributed by atoms with E-state index in [0.29, 0.717) is 5.38 Å². The largest absolute Gasteiger partial charge is 0.464 e. The third-order valence-corrected chi connectivity index (χ3v) is 3.80. The molecule has 1 aromatic carbocycles. The van der Waals surface area contributed by atoms with Crippen molar-refractivity contribution in [2.75, 3.05) is 19.6 Å². The van der Waals surface area contributed by atoms with Crippen LogP contribution in [0.3, 0.4) is 0 Å². The van der Waals surface area contributed by atoms with Crippen molar-refractivity contribution in [1.29, 1.82) is 0 Å². The molecule has 0 saturated carbocycles. The van der Waals surface area contributed by atoms with Crippen LogP contribution in [0.5, 0.6) is 0 Å². The second-order valence-corrected chi connectivity index (χ2v) is 5.35. The molecule has 0 N–H and O–H groups in total. The molecule has 0 bridgehead atoms. The predicted molar refractivity (Wildman–Crippen MR) is 70.6 cm³/mol. The van der Waals surface area contributed by atoms with Gasteiger partial charge in [0.15, 0.2) is 0 Å². The summed E-state index contributed by atoms with van der Waals surface area (Å²) < 4.78 is 5.34. The van der Waals surface area contributed by atoms with Gasteiger partial charge in [0, 0.05) is 23.9 Å². The molecule has 1 aliphatic heterocycles. The van der Waals surface area contributed by atoms with Gasteiger partial charge in [-0.3, -0.25) is 0 Å². The minimum atomic E-state index is 0.353. The molecule has 0 aliphatic carbocycles. The van der Waals surface area contributed by atoms with Crippen LogP contribution in [-0.2, 0) is 6.42 Å². The molecule has 1 aromatic heterocycles. The number of benzene rings is 1. The summed E-state index contributed by atoms with van der Waals surface area (Å²) in [7, 11) is 0. The van der Waals surface area contributed by atoms with Crippen molar-refractivity contribution in [2.45, 2.75) is 18.2 Å². The van der Waals surface area contributed by atoms with Crippen molar-refractivity contribution in [3.63, 3.8) is 0 Å². The second kappa shape index (κ2) is 4.71. The monoisotopic (exact) mass is 249 g/mol. The lowest BCUT2D eigenvalue weighted by molar-refractivity contribution is 0.344. The van der Waals surface area contributed by atoms with Crippen molar-refractivity contribution < 1.29 is 4.42 Å². The van der Waals surface area contributed by atoms with Gasteiger partial charge in [-0.1, -0.05) is 6.07 Å². The van der Waals surface area contributed by atoms with Gasteiger partial charge in [0.2, 0.25) is 0 Å². The van der Waals surface area contributed by atoms with E-state index in [0.717, 1.165) is 38.1 Å². The highest BCUT2D eigenvalue weighted by atomic mass is 35.5. The molecule has 1 atom stereocenters. The lowest BCUT2D eigenvalue weighted by Crippen LogP contribution is -2.23. The third kappa shape index (κ3) is 2.48. The summed E-state index contributed by atoms with van der Waals surface area (Å²) >= 11 is 6.10. The van der Waals surface area contributed by atoms with Crippen LogP contribution in [0.15, 0.2) is 34.9 Å². The molecule has 1 unspecified atom stereocenters. The number of fused-ring (bicyclic) bond motifs is 1. The van der Waals surface area contributed by atoms with Gasteiger partial charge >= 0.3 is 0 Å². The maximum Gasteiger partial charge on any atom is 0.133 e. The minimum Gasteiger partial charge on any atom is -0.464 e. The van der Waals surface area contributed by atoms with Crippen molar-refractivity contribution in [1.82, 2.24) is 4.90 Å². The Hall–Kier alpha value is -0.990. The average Bonchev–Trinajstić information content (AvgIpc) is 2.94. The molecule has 0 radical (unpaired) electrons. The van der Waals surface area contributed by atoms with Crippen LogP contribution in [0.4, 0.5) is 0 Å². The first-order chi connectivity index (χ1) is 8.31. The molecule has 1 saturated heterocycles. The van der Waals surface area contributed by atoms with Gasteiger partial charge < -0.3 is 9.32 Å². The highest BCUT2D eigenvalue weighted by molar-refractivity contribution is 6.20. The maximum atomic E-state index is 6.10. The van der Waals surface area contributed by atoms with E-state index in [1.54, 1.807) is 6.26 Å². The molecule has 17 heavy (non-hydrogen) atoms. The summed E-state index contributed by atoms with van der Waals surface area (Å²) in [5, 5.41) is 1.55. The predicted octanol–water partition coefficient (Wildman–Crippen LogP) is 3.29. The molecule has 1 aliphatic rings. The molecular weight excluding hydrogens is 234 g/mol. The highest BCUT2D eigenvalue weighted by Gasteiger charge is 2.19. The molecule has 3 rings (SSSR count). The number of halogens is 1. The number of nitrogens with zero attached hydrogens (tertiary/aromatic N) is 1. The lowest BCUT2D eigenvalue weighted by atomic mass is 10.1. The fourth-order valence-corrected chi connectivity index (χ4v) is 2.74. The zero-order valence-corrected chi connectivity index (χ0v) is 10.5. The molecule has 0 spiro atoms. The first-order valence-electron chi connectivity index (χ1n) is 6.14. The van der Waals surface area contributed by atoms with Crippen LogP contribution in [-0.4, -0.2) is 29.9 Å². The molecule has 90 valence electrons. The molecule has 2 nitrogen and oxygen atoms in total. The van der Waals surface area contributed by atoms with Crippen molar-refractivity contribution in [2.24, 2.45) is 0 Å². The Bertz CT molecular complexity index is 508. The summed E-state index contributed by atoms with van der Waals surface area (Å²) in [4.78, 5) is 2.44. The van der Waals surface area contributed by atoms with Gasteiger partial charge in [-0.2, -0.15) is 0 Å². The van der Waals surface area contributed by atoms with Crippen LogP contribution in [0, 0.1) is 0 Å². The smallest absolute Gasteiger partial charge is 0.133 e. The van der Waals surface area contributed by atoms with Crippen molar-refractivity contribution in [3.05, 3.63) is 36.1 Å². The highest BCUT2D eigenvalue weighted by Crippen LogP contribution is 2.19. The number of furan rings is 1. The van der Waals surface area contributed by atoms with Crippen molar-refractivity contribution in [3.8, 4) is 0 Å². The Kier molecular flexibility index (Phi) is 3.08. The molecular formula is C14H16ClNO. The standard InChI is InChI=1S/C14H16ClNO/c15-13-4-7-16(10-13)6-3-11-1-2-14-12(9-11)5-8-17-14/h1-2,5,8-9,13H,3-4,6-7,10H2. The van der Waals surface area contributed by atoms with E-state index < -0.39 is 0 Å². The van der Waals surface area contributed by atoms with Gasteiger partial charge in [-0.05, 0) is 43.1 Å². The zero-order chi connectivity index (χ0) is 11.7. The van der Waals surface area contributed by atoms with Gasteiger partial charge in [0.1, 0.15) is 5.58 Å². The Balaban J connectivity index is 1.64. The van der Waals surface area contributed by atoms with Gasteiger partial charge in [-0.25, -0.2) is 0 Å². The number of rotatable bonds is 3. The van der Waals surface area contributed by atoms with E-state index in [-0.39, 0.29) is 0 Å². The average molecular weight is 250 g/mol. The van der Waals surface area contributed by atoms with E-state index in [2.05, 4.69) is 23.1 Å². The number of hydrogen-bond donors (Lipinski definition) is 0. The second-order valence-electron chi connectivity index (χ2n) is 4.73. The summed E-state index contributed by atoms with van der Waals surface area (Å²) in [6.45, 7) is 3.28. The quantitative estimate of drug-likeness (QED) is 0.777. The zero-order valence-electron chi connectivity index (χ0n) is 9.73. The number of alkyl halides is 1. The Labute approximate surface area is 106 Å². The van der Waals surface area contributed by atoms with E-state index in [1.807, 2.05) is 6.07 Å². The Morgan fingerprint density at radius 3 is 3.12 bits per heavy atom.